The number of aromatic nitrogens is 2. The fraction of sp³-hybridized carbons (Fsp3) is 0.348. The number of aryl methyl sites for hydroxylation is 2. The molecule has 0 fully saturated rings. The minimum absolute atomic E-state index is 0.179. The Morgan fingerprint density at radius 1 is 1.23 bits per heavy atom. The molecule has 4 rings (SSSR count). The van der Waals surface area contributed by atoms with Crippen LogP contribution in [0.5, 0.6) is 5.75 Å². The first-order valence-corrected chi connectivity index (χ1v) is 10.2. The van der Waals surface area contributed by atoms with Crippen molar-refractivity contribution in [3.63, 3.8) is 0 Å². The summed E-state index contributed by atoms with van der Waals surface area (Å²) in [5.41, 5.74) is 1.53. The number of ether oxygens (including phenoxy) is 1. The Balaban J connectivity index is 1.34. The fourth-order valence-electron chi connectivity index (χ4n) is 3.75. The van der Waals surface area contributed by atoms with Crippen LogP contribution in [0.4, 0.5) is 0 Å². The quantitative estimate of drug-likeness (QED) is 0.624. The third kappa shape index (κ3) is 4.36. The molecule has 2 aromatic carbocycles. The van der Waals surface area contributed by atoms with Crippen LogP contribution in [0.15, 0.2) is 53.1 Å². The maximum atomic E-state index is 12.6. The third-order valence-electron chi connectivity index (χ3n) is 5.39. The summed E-state index contributed by atoms with van der Waals surface area (Å²) in [4.78, 5) is 16.8. The van der Waals surface area contributed by atoms with E-state index < -0.39 is 5.60 Å². The highest BCUT2D eigenvalue weighted by Gasteiger charge is 2.34. The zero-order chi connectivity index (χ0) is 21.0. The number of carbonyl (C=O) groups is 1. The van der Waals surface area contributed by atoms with E-state index in [1.54, 1.807) is 24.3 Å². The first-order chi connectivity index (χ1) is 14.6. The van der Waals surface area contributed by atoms with Crippen molar-refractivity contribution in [1.29, 1.82) is 0 Å². The molecule has 1 aliphatic rings. The van der Waals surface area contributed by atoms with E-state index in [1.165, 1.54) is 0 Å². The average molecular weight is 407 g/mol. The summed E-state index contributed by atoms with van der Waals surface area (Å²) in [6, 6.07) is 14.7. The van der Waals surface area contributed by atoms with Crippen molar-refractivity contribution in [2.45, 2.75) is 44.8 Å². The third-order valence-corrected chi connectivity index (χ3v) is 5.39. The number of benzene rings is 2. The van der Waals surface area contributed by atoms with E-state index in [-0.39, 0.29) is 19.1 Å². The molecule has 7 nitrogen and oxygen atoms in total. The van der Waals surface area contributed by atoms with Gasteiger partial charge in [-0.1, -0.05) is 36.3 Å². The maximum Gasteiger partial charge on any atom is 0.251 e. The lowest BCUT2D eigenvalue weighted by Crippen LogP contribution is -2.43. The molecule has 0 saturated carbocycles. The second-order valence-electron chi connectivity index (χ2n) is 7.50. The van der Waals surface area contributed by atoms with E-state index in [4.69, 9.17) is 9.26 Å². The van der Waals surface area contributed by atoms with Gasteiger partial charge in [-0.3, -0.25) is 4.79 Å². The van der Waals surface area contributed by atoms with Crippen LogP contribution >= 0.6 is 0 Å². The number of hydrogen-bond donors (Lipinski definition) is 2. The molecule has 0 bridgehead atoms. The van der Waals surface area contributed by atoms with Gasteiger partial charge in [0, 0.05) is 12.0 Å². The topological polar surface area (TPSA) is 97.5 Å². The molecular formula is C23H25N3O4. The van der Waals surface area contributed by atoms with Crippen molar-refractivity contribution in [1.82, 2.24) is 15.5 Å². The highest BCUT2D eigenvalue weighted by molar-refractivity contribution is 5.94. The summed E-state index contributed by atoms with van der Waals surface area (Å²) in [7, 11) is 0. The number of fused-ring (bicyclic) bond motifs is 1. The lowest BCUT2D eigenvalue weighted by molar-refractivity contribution is 0.0189. The largest absolute Gasteiger partial charge is 0.485 e. The lowest BCUT2D eigenvalue weighted by atomic mass is 9.79. The number of nitrogens with one attached hydrogen (secondary N) is 1. The van der Waals surface area contributed by atoms with Gasteiger partial charge in [-0.2, -0.15) is 4.98 Å². The summed E-state index contributed by atoms with van der Waals surface area (Å²) in [5.74, 6) is 1.43. The molecular weight excluding hydrogens is 382 g/mol. The van der Waals surface area contributed by atoms with Crippen molar-refractivity contribution < 1.29 is 19.2 Å². The monoisotopic (exact) mass is 407 g/mol. The van der Waals surface area contributed by atoms with E-state index in [0.717, 1.165) is 24.0 Å². The van der Waals surface area contributed by atoms with Gasteiger partial charge in [-0.15, -0.1) is 0 Å². The summed E-state index contributed by atoms with van der Waals surface area (Å²) in [6.45, 7) is 2.31. The van der Waals surface area contributed by atoms with Gasteiger partial charge < -0.3 is 19.7 Å². The van der Waals surface area contributed by atoms with Gasteiger partial charge >= 0.3 is 0 Å². The van der Waals surface area contributed by atoms with E-state index in [1.807, 2.05) is 31.2 Å². The normalized spacial score (nSPS) is 17.9. The Hall–Kier alpha value is -3.19. The number of aliphatic hydroxyl groups is 1. The van der Waals surface area contributed by atoms with Gasteiger partial charge in [0.15, 0.2) is 6.61 Å². The van der Waals surface area contributed by atoms with Crippen molar-refractivity contribution >= 4 is 5.91 Å². The Morgan fingerprint density at radius 3 is 2.80 bits per heavy atom. The smallest absolute Gasteiger partial charge is 0.251 e. The number of carbonyl (C=O) groups excluding carboxylic acids is 1. The highest BCUT2D eigenvalue weighted by Crippen LogP contribution is 2.34. The zero-order valence-corrected chi connectivity index (χ0v) is 16.9. The Kier molecular flexibility index (Phi) is 5.81. The average Bonchev–Trinajstić information content (AvgIpc) is 3.25. The summed E-state index contributed by atoms with van der Waals surface area (Å²) >= 11 is 0. The van der Waals surface area contributed by atoms with Crippen LogP contribution in [0.1, 0.15) is 53.0 Å². The van der Waals surface area contributed by atoms with Crippen molar-refractivity contribution in [3.8, 4) is 5.75 Å². The molecule has 1 aromatic heterocycles. The first-order valence-electron chi connectivity index (χ1n) is 10.2. The Labute approximate surface area is 175 Å². The SMILES string of the molecule is CCc1nc(COc2ccc(C(=O)NCC3(O)CCCc4ccccc43)cc2)no1. The molecule has 7 heteroatoms. The van der Waals surface area contributed by atoms with Crippen molar-refractivity contribution in [2.24, 2.45) is 0 Å². The molecule has 0 aliphatic heterocycles. The molecule has 1 atom stereocenters. The van der Waals surface area contributed by atoms with E-state index in [0.29, 0.717) is 35.9 Å². The number of amides is 1. The van der Waals surface area contributed by atoms with Crippen LogP contribution in [-0.4, -0.2) is 27.7 Å². The number of nitrogens with zero attached hydrogens (tertiary/aromatic N) is 2. The van der Waals surface area contributed by atoms with Gasteiger partial charge in [0.25, 0.3) is 5.91 Å². The summed E-state index contributed by atoms with van der Waals surface area (Å²) < 4.78 is 10.7. The highest BCUT2D eigenvalue weighted by atomic mass is 16.5. The van der Waals surface area contributed by atoms with E-state index in [9.17, 15) is 9.90 Å². The van der Waals surface area contributed by atoms with Gasteiger partial charge in [0.1, 0.15) is 11.4 Å². The van der Waals surface area contributed by atoms with Crippen LogP contribution in [0.3, 0.4) is 0 Å². The van der Waals surface area contributed by atoms with E-state index in [2.05, 4.69) is 15.5 Å². The molecule has 1 amide bonds. The van der Waals surface area contributed by atoms with Crippen LogP contribution in [0.25, 0.3) is 0 Å². The Bertz CT molecular complexity index is 1020. The molecule has 0 saturated heterocycles. The molecule has 0 spiro atoms. The van der Waals surface area contributed by atoms with E-state index >= 15 is 0 Å². The lowest BCUT2D eigenvalue weighted by Gasteiger charge is -2.34. The molecule has 1 heterocycles. The summed E-state index contributed by atoms with van der Waals surface area (Å²) in [6.07, 6.45) is 3.16. The summed E-state index contributed by atoms with van der Waals surface area (Å²) in [5, 5.41) is 17.8. The first kappa shape index (κ1) is 20.1. The molecule has 3 aromatic rings. The standard InChI is InChI=1S/C23H25N3O4/c1-2-21-25-20(26-30-21)14-29-18-11-9-17(10-12-18)22(27)24-15-23(28)13-5-7-16-6-3-4-8-19(16)23/h3-4,6,8-12,28H,2,5,7,13-15H2,1H3,(H,24,27). The minimum Gasteiger partial charge on any atom is -0.485 e. The maximum absolute atomic E-state index is 12.6. The molecule has 156 valence electrons. The van der Waals surface area contributed by atoms with Gasteiger partial charge in [0.05, 0.1) is 6.54 Å². The minimum atomic E-state index is -1.03. The van der Waals surface area contributed by atoms with Gasteiger partial charge in [0.2, 0.25) is 11.7 Å². The van der Waals surface area contributed by atoms with Crippen LogP contribution in [0.2, 0.25) is 0 Å². The van der Waals surface area contributed by atoms with Gasteiger partial charge in [-0.25, -0.2) is 0 Å². The second kappa shape index (κ2) is 8.67. The van der Waals surface area contributed by atoms with Crippen molar-refractivity contribution in [3.05, 3.63) is 76.9 Å². The molecule has 1 unspecified atom stereocenters. The van der Waals surface area contributed by atoms with Crippen molar-refractivity contribution in [2.75, 3.05) is 6.54 Å². The zero-order valence-electron chi connectivity index (χ0n) is 16.9. The predicted molar refractivity (Wildman–Crippen MR) is 110 cm³/mol. The predicted octanol–water partition coefficient (Wildman–Crippen LogP) is 3.16. The van der Waals surface area contributed by atoms with Crippen LogP contribution in [0, 0.1) is 0 Å². The van der Waals surface area contributed by atoms with Crippen LogP contribution in [-0.2, 0) is 25.0 Å². The van der Waals surface area contributed by atoms with Gasteiger partial charge in [-0.05, 0) is 54.7 Å². The molecule has 30 heavy (non-hydrogen) atoms. The fourth-order valence-corrected chi connectivity index (χ4v) is 3.75. The number of rotatable bonds is 7. The molecule has 0 radical (unpaired) electrons. The molecule has 1 aliphatic carbocycles. The number of hydrogen-bond acceptors (Lipinski definition) is 6. The molecule has 2 N–H and O–H groups in total. The van der Waals surface area contributed by atoms with Crippen LogP contribution < -0.4 is 10.1 Å². The second-order valence-corrected chi connectivity index (χ2v) is 7.50. The Morgan fingerprint density at radius 2 is 2.03 bits per heavy atom.